The van der Waals surface area contributed by atoms with Crippen molar-refractivity contribution in [3.05, 3.63) is 0 Å². The smallest absolute Gasteiger partial charge is 0.0629 e. The van der Waals surface area contributed by atoms with Gasteiger partial charge in [0.25, 0.3) is 0 Å². The van der Waals surface area contributed by atoms with Crippen LogP contribution in [-0.2, 0) is 4.74 Å². The van der Waals surface area contributed by atoms with E-state index in [2.05, 4.69) is 0 Å². The molecule has 0 heterocycles. The van der Waals surface area contributed by atoms with Gasteiger partial charge in [0, 0.05) is 13.2 Å². The largest absolute Gasteiger partial charge is 0.396 e. The lowest BCUT2D eigenvalue weighted by Gasteiger charge is -2.26. The Labute approximate surface area is 77.6 Å². The minimum atomic E-state index is -0.963. The summed E-state index contributed by atoms with van der Waals surface area (Å²) in [5.41, 5.74) is -0.963. The third-order valence-corrected chi connectivity index (χ3v) is 1.86. The number of hydrogen-bond donors (Lipinski definition) is 4. The minimum Gasteiger partial charge on any atom is -0.396 e. The molecule has 0 saturated carbocycles. The summed E-state index contributed by atoms with van der Waals surface area (Å²) in [6.07, 6.45) is 0.512. The lowest BCUT2D eigenvalue weighted by molar-refractivity contribution is -0.0591. The van der Waals surface area contributed by atoms with Gasteiger partial charge in [0.05, 0.1) is 31.8 Å². The fourth-order valence-electron chi connectivity index (χ4n) is 0.742. The van der Waals surface area contributed by atoms with Gasteiger partial charge < -0.3 is 25.2 Å². The molecule has 0 bridgehead atoms. The summed E-state index contributed by atoms with van der Waals surface area (Å²) in [6.45, 7) is -0.462. The number of aliphatic hydroxyl groups excluding tert-OH is 4. The first-order valence-electron chi connectivity index (χ1n) is 4.26. The Kier molecular flexibility index (Phi) is 7.12. The van der Waals surface area contributed by atoms with Crippen molar-refractivity contribution in [1.82, 2.24) is 0 Å². The van der Waals surface area contributed by atoms with Gasteiger partial charge in [0.1, 0.15) is 0 Å². The number of aliphatic hydroxyl groups is 4. The Bertz CT molecular complexity index is 105. The van der Waals surface area contributed by atoms with E-state index in [1.807, 2.05) is 0 Å². The second kappa shape index (κ2) is 7.23. The predicted molar refractivity (Wildman–Crippen MR) is 46.2 cm³/mol. The maximum atomic E-state index is 8.88. The van der Waals surface area contributed by atoms with E-state index < -0.39 is 5.41 Å². The fraction of sp³-hybridized carbons (Fsp3) is 1.00. The first kappa shape index (κ1) is 12.8. The zero-order valence-corrected chi connectivity index (χ0v) is 7.65. The molecule has 0 aliphatic rings. The van der Waals surface area contributed by atoms with Crippen LogP contribution in [0.3, 0.4) is 0 Å². The van der Waals surface area contributed by atoms with Gasteiger partial charge >= 0.3 is 0 Å². The minimum absolute atomic E-state index is 0.0460. The molecule has 0 aliphatic carbocycles. The molecule has 4 N–H and O–H groups in total. The van der Waals surface area contributed by atoms with Crippen LogP contribution in [0.5, 0.6) is 0 Å². The molecule has 0 atom stereocenters. The molecule has 13 heavy (non-hydrogen) atoms. The third-order valence-electron chi connectivity index (χ3n) is 1.86. The monoisotopic (exact) mass is 194 g/mol. The van der Waals surface area contributed by atoms with Crippen LogP contribution in [0, 0.1) is 5.41 Å². The van der Waals surface area contributed by atoms with Crippen LogP contribution in [0.15, 0.2) is 0 Å². The average Bonchev–Trinajstić information content (AvgIpc) is 2.20. The summed E-state index contributed by atoms with van der Waals surface area (Å²) in [7, 11) is 0. The highest BCUT2D eigenvalue weighted by molar-refractivity contribution is 4.76. The molecule has 5 heteroatoms. The first-order chi connectivity index (χ1) is 6.24. The van der Waals surface area contributed by atoms with Crippen molar-refractivity contribution in [2.24, 2.45) is 5.41 Å². The average molecular weight is 194 g/mol. The quantitative estimate of drug-likeness (QED) is 0.348. The Morgan fingerprint density at radius 2 is 1.46 bits per heavy atom. The van der Waals surface area contributed by atoms with Crippen LogP contribution in [-0.4, -0.2) is 60.1 Å². The Hall–Kier alpha value is -0.200. The fourth-order valence-corrected chi connectivity index (χ4v) is 0.742. The normalized spacial score (nSPS) is 12.0. The van der Waals surface area contributed by atoms with Gasteiger partial charge in [-0.3, -0.25) is 0 Å². The van der Waals surface area contributed by atoms with Crippen molar-refractivity contribution < 1.29 is 25.2 Å². The summed E-state index contributed by atoms with van der Waals surface area (Å²) >= 11 is 0. The van der Waals surface area contributed by atoms with Crippen LogP contribution in [0.4, 0.5) is 0 Å². The van der Waals surface area contributed by atoms with E-state index >= 15 is 0 Å². The summed E-state index contributed by atoms with van der Waals surface area (Å²) in [4.78, 5) is 0. The second-order valence-corrected chi connectivity index (χ2v) is 3.10. The highest BCUT2D eigenvalue weighted by Crippen LogP contribution is 2.14. The molecule has 0 amide bonds. The lowest BCUT2D eigenvalue weighted by Crippen LogP contribution is -2.38. The molecule has 0 aromatic carbocycles. The van der Waals surface area contributed by atoms with Crippen molar-refractivity contribution in [2.45, 2.75) is 6.42 Å². The van der Waals surface area contributed by atoms with E-state index in [9.17, 15) is 0 Å². The van der Waals surface area contributed by atoms with Crippen LogP contribution < -0.4 is 0 Å². The molecule has 80 valence electrons. The third kappa shape index (κ3) is 4.54. The molecular weight excluding hydrogens is 176 g/mol. The van der Waals surface area contributed by atoms with Gasteiger partial charge in [-0.1, -0.05) is 0 Å². The maximum Gasteiger partial charge on any atom is 0.0629 e. The molecule has 0 rings (SSSR count). The van der Waals surface area contributed by atoms with E-state index in [1.54, 1.807) is 0 Å². The highest BCUT2D eigenvalue weighted by Gasteiger charge is 2.28. The lowest BCUT2D eigenvalue weighted by atomic mass is 9.93. The Morgan fingerprint density at radius 3 is 1.85 bits per heavy atom. The van der Waals surface area contributed by atoms with Crippen molar-refractivity contribution in [1.29, 1.82) is 0 Å². The summed E-state index contributed by atoms with van der Waals surface area (Å²) < 4.78 is 5.07. The topological polar surface area (TPSA) is 90.2 Å². The van der Waals surface area contributed by atoms with E-state index in [0.29, 0.717) is 13.0 Å². The summed E-state index contributed by atoms with van der Waals surface area (Å²) in [5, 5.41) is 35.1. The molecule has 0 aromatic rings. The molecule has 0 spiro atoms. The van der Waals surface area contributed by atoms with Crippen LogP contribution in [0.1, 0.15) is 6.42 Å². The predicted octanol–water partition coefficient (Wildman–Crippen LogP) is -1.65. The van der Waals surface area contributed by atoms with Gasteiger partial charge in [0.2, 0.25) is 0 Å². The molecular formula is C8H18O5. The van der Waals surface area contributed by atoms with Gasteiger partial charge in [0.15, 0.2) is 0 Å². The van der Waals surface area contributed by atoms with E-state index in [1.165, 1.54) is 0 Å². The van der Waals surface area contributed by atoms with Crippen molar-refractivity contribution in [2.75, 3.05) is 39.6 Å². The Balaban J connectivity index is 3.68. The Morgan fingerprint density at radius 1 is 0.923 bits per heavy atom. The second-order valence-electron chi connectivity index (χ2n) is 3.10. The van der Waals surface area contributed by atoms with Gasteiger partial charge in [-0.25, -0.2) is 0 Å². The summed E-state index contributed by atoms with van der Waals surface area (Å²) in [5.74, 6) is 0. The number of hydrogen-bond acceptors (Lipinski definition) is 5. The zero-order chi connectivity index (χ0) is 10.2. The first-order valence-corrected chi connectivity index (χ1v) is 4.26. The van der Waals surface area contributed by atoms with Crippen LogP contribution in [0.2, 0.25) is 0 Å². The standard InChI is InChI=1S/C8H18O5/c9-2-1-3-13-7-8(4-10,5-11)6-12/h9-12H,1-7H2. The summed E-state index contributed by atoms with van der Waals surface area (Å²) in [6, 6.07) is 0. The van der Waals surface area contributed by atoms with Crippen LogP contribution >= 0.6 is 0 Å². The van der Waals surface area contributed by atoms with Gasteiger partial charge in [-0.15, -0.1) is 0 Å². The van der Waals surface area contributed by atoms with Crippen LogP contribution in [0.25, 0.3) is 0 Å². The molecule has 5 nitrogen and oxygen atoms in total. The van der Waals surface area contributed by atoms with E-state index in [-0.39, 0.29) is 33.0 Å². The van der Waals surface area contributed by atoms with Crippen molar-refractivity contribution >= 4 is 0 Å². The molecule has 0 saturated heterocycles. The van der Waals surface area contributed by atoms with E-state index in [0.717, 1.165) is 0 Å². The SMILES string of the molecule is OCCCOCC(CO)(CO)CO. The molecule has 0 unspecified atom stereocenters. The van der Waals surface area contributed by atoms with Gasteiger partial charge in [-0.05, 0) is 6.42 Å². The van der Waals surface area contributed by atoms with Gasteiger partial charge in [-0.2, -0.15) is 0 Å². The highest BCUT2D eigenvalue weighted by atomic mass is 16.5. The number of ether oxygens (including phenoxy) is 1. The van der Waals surface area contributed by atoms with E-state index in [4.69, 9.17) is 25.2 Å². The zero-order valence-electron chi connectivity index (χ0n) is 7.65. The van der Waals surface area contributed by atoms with Crippen molar-refractivity contribution in [3.63, 3.8) is 0 Å². The molecule has 0 radical (unpaired) electrons. The molecule has 0 fully saturated rings. The molecule has 0 aliphatic heterocycles. The number of rotatable bonds is 8. The van der Waals surface area contributed by atoms with Crippen molar-refractivity contribution in [3.8, 4) is 0 Å². The molecule has 0 aromatic heterocycles. The maximum absolute atomic E-state index is 8.88.